The highest BCUT2D eigenvalue weighted by Crippen LogP contribution is 2.55. The summed E-state index contributed by atoms with van der Waals surface area (Å²) < 4.78 is 164. The number of alkyl halides is 12. The van der Waals surface area contributed by atoms with Gasteiger partial charge < -0.3 is 0 Å². The Morgan fingerprint density at radius 2 is 0.682 bits per heavy atom. The SMILES string of the molecule is FC(F)(F)c1cc(-c2sc(-c3sc(-c4cc(C(F)(F)F)cc(C(F)(F)F)c4)c4ccsc34)c3sccc23)cc(C(F)(F)F)c1. The molecule has 6 aromatic rings. The smallest absolute Gasteiger partial charge is 0.166 e. The van der Waals surface area contributed by atoms with Crippen molar-refractivity contribution in [3.8, 4) is 30.6 Å². The van der Waals surface area contributed by atoms with E-state index in [4.69, 9.17) is 0 Å². The molecule has 0 saturated heterocycles. The highest BCUT2D eigenvalue weighted by atomic mass is 32.1. The van der Waals surface area contributed by atoms with E-state index in [2.05, 4.69) is 0 Å². The van der Waals surface area contributed by atoms with Gasteiger partial charge in [0, 0.05) is 20.5 Å². The second kappa shape index (κ2) is 10.2. The van der Waals surface area contributed by atoms with Gasteiger partial charge in [0.25, 0.3) is 0 Å². The molecular formula is C28H10F12S4. The third-order valence-corrected chi connectivity index (χ3v) is 11.3. The fourth-order valence-electron chi connectivity index (χ4n) is 4.63. The Balaban J connectivity index is 1.58. The standard InChI is InChI=1S/C28H10F12S4/c29-25(30,31)13-5-11(6-14(9-13)26(32,33)34)19-17-1-3-41-21(17)23(43-19)24-22-18(2-4-42-22)20(44-24)12-7-15(27(35,36)37)10-16(8-12)28(38,39)40/h1-10H. The van der Waals surface area contributed by atoms with Gasteiger partial charge in [0.05, 0.1) is 41.4 Å². The van der Waals surface area contributed by atoms with E-state index in [0.29, 0.717) is 54.2 Å². The first-order valence-electron chi connectivity index (χ1n) is 11.9. The predicted molar refractivity (Wildman–Crippen MR) is 149 cm³/mol. The van der Waals surface area contributed by atoms with Gasteiger partial charge in [0.1, 0.15) is 0 Å². The molecule has 0 radical (unpaired) electrons. The Kier molecular flexibility index (Phi) is 7.18. The molecule has 0 unspecified atom stereocenters. The Morgan fingerprint density at radius 1 is 0.386 bits per heavy atom. The lowest BCUT2D eigenvalue weighted by molar-refractivity contribution is -0.144. The van der Waals surface area contributed by atoms with Crippen molar-refractivity contribution in [2.75, 3.05) is 0 Å². The quantitative estimate of drug-likeness (QED) is 0.161. The maximum absolute atomic E-state index is 13.6. The van der Waals surface area contributed by atoms with E-state index >= 15 is 0 Å². The molecule has 0 nitrogen and oxygen atoms in total. The van der Waals surface area contributed by atoms with Crippen LogP contribution in [0.5, 0.6) is 0 Å². The van der Waals surface area contributed by atoms with Crippen molar-refractivity contribution < 1.29 is 52.7 Å². The van der Waals surface area contributed by atoms with Gasteiger partial charge in [-0.15, -0.1) is 45.3 Å². The van der Waals surface area contributed by atoms with Crippen LogP contribution in [0.15, 0.2) is 59.3 Å². The van der Waals surface area contributed by atoms with Gasteiger partial charge in [-0.3, -0.25) is 0 Å². The maximum Gasteiger partial charge on any atom is 0.416 e. The minimum absolute atomic E-state index is 0.0217. The zero-order valence-corrected chi connectivity index (χ0v) is 24.2. The fraction of sp³-hybridized carbons (Fsp3) is 0.143. The van der Waals surface area contributed by atoms with Gasteiger partial charge in [0.2, 0.25) is 0 Å². The maximum atomic E-state index is 13.6. The molecule has 0 amide bonds. The van der Waals surface area contributed by atoms with Crippen LogP contribution in [-0.2, 0) is 24.7 Å². The molecule has 0 N–H and O–H groups in total. The number of thiophene rings is 4. The van der Waals surface area contributed by atoms with Crippen LogP contribution in [0.1, 0.15) is 22.3 Å². The lowest BCUT2D eigenvalue weighted by Crippen LogP contribution is -2.10. The summed E-state index contributed by atoms with van der Waals surface area (Å²) in [4.78, 5) is 1.04. The fourth-order valence-corrected chi connectivity index (χ4v) is 9.61. The monoisotopic (exact) mass is 702 g/mol. The van der Waals surface area contributed by atoms with Gasteiger partial charge in [-0.2, -0.15) is 52.7 Å². The second-order valence-electron chi connectivity index (χ2n) is 9.44. The summed E-state index contributed by atoms with van der Waals surface area (Å²) in [7, 11) is 0. The van der Waals surface area contributed by atoms with Crippen molar-refractivity contribution in [2.45, 2.75) is 24.7 Å². The number of fused-ring (bicyclic) bond motifs is 2. The molecule has 0 atom stereocenters. The summed E-state index contributed by atoms with van der Waals surface area (Å²) in [5.41, 5.74) is -6.65. The molecule has 0 aliphatic heterocycles. The molecule has 230 valence electrons. The molecular weight excluding hydrogens is 693 g/mol. The second-order valence-corrected chi connectivity index (χ2v) is 13.3. The number of hydrogen-bond acceptors (Lipinski definition) is 4. The predicted octanol–water partition coefficient (Wildman–Crippen LogP) is 13.3. The molecule has 44 heavy (non-hydrogen) atoms. The van der Waals surface area contributed by atoms with E-state index < -0.39 is 47.0 Å². The molecule has 0 aliphatic carbocycles. The molecule has 6 rings (SSSR count). The van der Waals surface area contributed by atoms with E-state index in [9.17, 15) is 52.7 Å². The zero-order valence-electron chi connectivity index (χ0n) is 20.9. The summed E-state index contributed by atoms with van der Waals surface area (Å²) >= 11 is 4.10. The summed E-state index contributed by atoms with van der Waals surface area (Å²) in [5, 5.41) is 3.90. The largest absolute Gasteiger partial charge is 0.416 e. The molecule has 0 aliphatic rings. The van der Waals surface area contributed by atoms with Crippen LogP contribution in [-0.4, -0.2) is 0 Å². The van der Waals surface area contributed by atoms with Gasteiger partial charge >= 0.3 is 24.7 Å². The molecule has 2 aromatic carbocycles. The first-order valence-corrected chi connectivity index (χ1v) is 15.3. The van der Waals surface area contributed by atoms with Crippen molar-refractivity contribution in [1.29, 1.82) is 0 Å². The van der Waals surface area contributed by atoms with Crippen LogP contribution in [0.4, 0.5) is 52.7 Å². The molecule has 0 saturated carbocycles. The molecule has 4 heterocycles. The zero-order chi connectivity index (χ0) is 32.0. The third-order valence-electron chi connectivity index (χ3n) is 6.55. The van der Waals surface area contributed by atoms with Gasteiger partial charge in [-0.05, 0) is 70.4 Å². The average molecular weight is 703 g/mol. The van der Waals surface area contributed by atoms with Crippen molar-refractivity contribution >= 4 is 65.5 Å². The first kappa shape index (κ1) is 30.9. The van der Waals surface area contributed by atoms with Gasteiger partial charge in [-0.25, -0.2) is 0 Å². The number of benzene rings is 2. The Bertz CT molecular complexity index is 1810. The van der Waals surface area contributed by atoms with Crippen LogP contribution >= 0.6 is 45.3 Å². The van der Waals surface area contributed by atoms with E-state index in [1.54, 1.807) is 10.8 Å². The van der Waals surface area contributed by atoms with Gasteiger partial charge in [-0.1, -0.05) is 0 Å². The molecule has 4 aromatic heterocycles. The number of halogens is 12. The molecule has 0 spiro atoms. The topological polar surface area (TPSA) is 0 Å². The average Bonchev–Trinajstić information content (AvgIpc) is 3.68. The summed E-state index contributed by atoms with van der Waals surface area (Å²) in [5.74, 6) is 0. The molecule has 0 fully saturated rings. The molecule has 16 heteroatoms. The van der Waals surface area contributed by atoms with E-state index in [1.165, 1.54) is 12.1 Å². The van der Waals surface area contributed by atoms with Crippen LogP contribution in [0.25, 0.3) is 50.8 Å². The van der Waals surface area contributed by atoms with Crippen LogP contribution in [0.2, 0.25) is 0 Å². The van der Waals surface area contributed by atoms with Gasteiger partial charge in [0.15, 0.2) is 0 Å². The number of rotatable bonds is 3. The van der Waals surface area contributed by atoms with Crippen LogP contribution in [0, 0.1) is 0 Å². The summed E-state index contributed by atoms with van der Waals surface area (Å²) in [6.07, 6.45) is -20.3. The van der Waals surface area contributed by atoms with Crippen molar-refractivity contribution in [3.63, 3.8) is 0 Å². The highest BCUT2D eigenvalue weighted by Gasteiger charge is 2.39. The normalized spacial score (nSPS) is 13.5. The van der Waals surface area contributed by atoms with E-state index in [1.807, 2.05) is 0 Å². The lowest BCUT2D eigenvalue weighted by Gasteiger charge is -2.14. The Labute approximate surface area is 254 Å². The summed E-state index contributed by atoms with van der Waals surface area (Å²) in [6.45, 7) is 0. The first-order chi connectivity index (χ1) is 20.3. The van der Waals surface area contributed by atoms with Crippen molar-refractivity contribution in [3.05, 3.63) is 81.5 Å². The summed E-state index contributed by atoms with van der Waals surface area (Å²) in [6, 6.07) is 5.57. The lowest BCUT2D eigenvalue weighted by atomic mass is 10.0. The van der Waals surface area contributed by atoms with E-state index in [0.717, 1.165) is 45.3 Å². The van der Waals surface area contributed by atoms with Crippen LogP contribution in [0.3, 0.4) is 0 Å². The third kappa shape index (κ3) is 5.49. The highest BCUT2D eigenvalue weighted by molar-refractivity contribution is 7.34. The van der Waals surface area contributed by atoms with Crippen molar-refractivity contribution in [2.24, 2.45) is 0 Å². The minimum Gasteiger partial charge on any atom is -0.166 e. The minimum atomic E-state index is -5.07. The number of hydrogen-bond donors (Lipinski definition) is 0. The van der Waals surface area contributed by atoms with E-state index in [-0.39, 0.29) is 33.0 Å². The van der Waals surface area contributed by atoms with Crippen molar-refractivity contribution in [1.82, 2.24) is 0 Å². The van der Waals surface area contributed by atoms with Crippen LogP contribution < -0.4 is 0 Å². The molecule has 0 bridgehead atoms. The Morgan fingerprint density at radius 3 is 0.955 bits per heavy atom. The Hall–Kier alpha value is -3.08.